The number of rotatable bonds is 7. The first kappa shape index (κ1) is 19.9. The van der Waals surface area contributed by atoms with Gasteiger partial charge in [-0.2, -0.15) is 0 Å². The highest BCUT2D eigenvalue weighted by Crippen LogP contribution is 2.24. The van der Waals surface area contributed by atoms with Crippen molar-refractivity contribution >= 4 is 39.7 Å². The van der Waals surface area contributed by atoms with Crippen molar-refractivity contribution in [3.63, 3.8) is 0 Å². The van der Waals surface area contributed by atoms with Gasteiger partial charge in [-0.15, -0.1) is 23.7 Å². The van der Waals surface area contributed by atoms with Crippen LogP contribution < -0.4 is 10.1 Å². The molecule has 0 atom stereocenters. The van der Waals surface area contributed by atoms with Crippen LogP contribution in [-0.2, 0) is 19.7 Å². The second-order valence-corrected chi connectivity index (χ2v) is 7.26. The van der Waals surface area contributed by atoms with Crippen LogP contribution in [0.25, 0.3) is 0 Å². The van der Waals surface area contributed by atoms with E-state index >= 15 is 0 Å². The van der Waals surface area contributed by atoms with Crippen molar-refractivity contribution < 1.29 is 9.13 Å². The highest BCUT2D eigenvalue weighted by Gasteiger charge is 2.07. The number of ether oxygens (including phenoxy) is 1. The van der Waals surface area contributed by atoms with Gasteiger partial charge in [-0.3, -0.25) is 0 Å². The summed E-state index contributed by atoms with van der Waals surface area (Å²) in [7, 11) is 0. The van der Waals surface area contributed by atoms with E-state index < -0.39 is 0 Å². The Hall–Kier alpha value is -1.40. The van der Waals surface area contributed by atoms with Gasteiger partial charge in [-0.05, 0) is 35.7 Å². The van der Waals surface area contributed by atoms with Crippen molar-refractivity contribution in [2.75, 3.05) is 0 Å². The Kier molecular flexibility index (Phi) is 7.90. The molecule has 0 saturated carbocycles. The van der Waals surface area contributed by atoms with E-state index in [1.807, 2.05) is 30.3 Å². The Morgan fingerprint density at radius 2 is 1.84 bits per heavy atom. The highest BCUT2D eigenvalue weighted by molar-refractivity contribution is 9.10. The van der Waals surface area contributed by atoms with E-state index in [9.17, 15) is 4.39 Å². The lowest BCUT2D eigenvalue weighted by Crippen LogP contribution is -2.13. The fourth-order valence-corrected chi connectivity index (χ4v) is 3.41. The Bertz CT molecular complexity index is 798. The molecule has 0 aliphatic rings. The third-order valence-electron chi connectivity index (χ3n) is 3.56. The fraction of sp³-hybridized carbons (Fsp3) is 0.158. The van der Waals surface area contributed by atoms with E-state index in [0.717, 1.165) is 22.3 Å². The molecular formula is C19H18BrClFNOS. The zero-order chi connectivity index (χ0) is 16.8. The maximum Gasteiger partial charge on any atom is 0.129 e. The smallest absolute Gasteiger partial charge is 0.129 e. The molecule has 0 saturated heterocycles. The highest BCUT2D eigenvalue weighted by atomic mass is 79.9. The van der Waals surface area contributed by atoms with Gasteiger partial charge in [0.05, 0.1) is 0 Å². The van der Waals surface area contributed by atoms with E-state index in [0.29, 0.717) is 12.1 Å². The van der Waals surface area contributed by atoms with Crippen molar-refractivity contribution in [1.29, 1.82) is 0 Å². The third kappa shape index (κ3) is 5.82. The molecule has 2 aromatic carbocycles. The van der Waals surface area contributed by atoms with Gasteiger partial charge in [0.15, 0.2) is 0 Å². The predicted octanol–water partition coefficient (Wildman–Crippen LogP) is 5.94. The van der Waals surface area contributed by atoms with Crippen molar-refractivity contribution in [2.24, 2.45) is 0 Å². The molecule has 0 bridgehead atoms. The average Bonchev–Trinajstić information content (AvgIpc) is 3.09. The number of halogens is 3. The first-order valence-corrected chi connectivity index (χ1v) is 9.27. The van der Waals surface area contributed by atoms with E-state index in [1.54, 1.807) is 23.5 Å². The van der Waals surface area contributed by atoms with E-state index in [2.05, 4.69) is 32.7 Å². The van der Waals surface area contributed by atoms with Crippen LogP contribution in [0.1, 0.15) is 16.0 Å². The number of hydrogen-bond acceptors (Lipinski definition) is 3. The van der Waals surface area contributed by atoms with Crippen LogP contribution in [0.4, 0.5) is 4.39 Å². The van der Waals surface area contributed by atoms with Gasteiger partial charge in [-0.1, -0.05) is 40.2 Å². The van der Waals surface area contributed by atoms with Crippen LogP contribution in [0, 0.1) is 5.82 Å². The molecule has 0 aliphatic carbocycles. The fourth-order valence-electron chi connectivity index (χ4n) is 2.33. The third-order valence-corrected chi connectivity index (χ3v) is 4.93. The van der Waals surface area contributed by atoms with Gasteiger partial charge in [0.1, 0.15) is 18.2 Å². The van der Waals surface area contributed by atoms with Crippen molar-refractivity contribution in [3.8, 4) is 5.75 Å². The summed E-state index contributed by atoms with van der Waals surface area (Å²) in [6.45, 7) is 1.72. The van der Waals surface area contributed by atoms with Gasteiger partial charge in [0, 0.05) is 33.6 Å². The molecule has 6 heteroatoms. The van der Waals surface area contributed by atoms with Gasteiger partial charge in [0.2, 0.25) is 0 Å². The standard InChI is InChI=1S/C19H17BrFNOS.ClH/c20-16-7-8-19(23-13-14-4-1-2-6-18(14)21)15(10-16)11-22-12-17-5-3-9-24-17;/h1-10,22H,11-13H2;1H. The normalized spacial score (nSPS) is 10.3. The summed E-state index contributed by atoms with van der Waals surface area (Å²) in [5, 5.41) is 5.49. The molecular weight excluding hydrogens is 425 g/mol. The molecule has 1 N–H and O–H groups in total. The Balaban J connectivity index is 0.00000225. The molecule has 2 nitrogen and oxygen atoms in total. The summed E-state index contributed by atoms with van der Waals surface area (Å²) in [5.74, 6) is 0.520. The van der Waals surface area contributed by atoms with Gasteiger partial charge in [-0.25, -0.2) is 4.39 Å². The minimum atomic E-state index is -0.244. The maximum atomic E-state index is 13.7. The lowest BCUT2D eigenvalue weighted by atomic mass is 10.2. The topological polar surface area (TPSA) is 21.3 Å². The summed E-state index contributed by atoms with van der Waals surface area (Å²) in [6, 6.07) is 16.7. The molecule has 1 aromatic heterocycles. The average molecular weight is 443 g/mol. The first-order chi connectivity index (χ1) is 11.7. The number of hydrogen-bond donors (Lipinski definition) is 1. The van der Waals surface area contributed by atoms with E-state index in [1.165, 1.54) is 10.9 Å². The lowest BCUT2D eigenvalue weighted by molar-refractivity contribution is 0.296. The minimum Gasteiger partial charge on any atom is -0.488 e. The molecule has 0 radical (unpaired) electrons. The summed E-state index contributed by atoms with van der Waals surface area (Å²) in [6.07, 6.45) is 0. The second-order valence-electron chi connectivity index (χ2n) is 5.32. The molecule has 3 aromatic rings. The SMILES string of the molecule is Cl.Fc1ccccc1COc1ccc(Br)cc1CNCc1cccs1. The molecule has 0 unspecified atom stereocenters. The minimum absolute atomic E-state index is 0. The van der Waals surface area contributed by atoms with Crippen LogP contribution in [0.2, 0.25) is 0 Å². The monoisotopic (exact) mass is 441 g/mol. The summed E-state index contributed by atoms with van der Waals surface area (Å²) in [4.78, 5) is 1.29. The van der Waals surface area contributed by atoms with Gasteiger partial charge in [0.25, 0.3) is 0 Å². The number of thiophene rings is 1. The molecule has 0 fully saturated rings. The molecule has 1 heterocycles. The van der Waals surface area contributed by atoms with Crippen molar-refractivity contribution in [3.05, 3.63) is 86.3 Å². The summed E-state index contributed by atoms with van der Waals surface area (Å²) >= 11 is 5.22. The van der Waals surface area contributed by atoms with Gasteiger partial charge >= 0.3 is 0 Å². The maximum absolute atomic E-state index is 13.7. The number of benzene rings is 2. The first-order valence-electron chi connectivity index (χ1n) is 7.60. The quantitative estimate of drug-likeness (QED) is 0.489. The van der Waals surface area contributed by atoms with Crippen LogP contribution in [0.5, 0.6) is 5.75 Å². The lowest BCUT2D eigenvalue weighted by Gasteiger charge is -2.13. The van der Waals surface area contributed by atoms with Crippen LogP contribution in [0.15, 0.2) is 64.5 Å². The van der Waals surface area contributed by atoms with Crippen molar-refractivity contribution in [1.82, 2.24) is 5.32 Å². The Morgan fingerprint density at radius 3 is 2.60 bits per heavy atom. The van der Waals surface area contributed by atoms with E-state index in [4.69, 9.17) is 4.74 Å². The van der Waals surface area contributed by atoms with Crippen LogP contribution in [0.3, 0.4) is 0 Å². The predicted molar refractivity (Wildman–Crippen MR) is 107 cm³/mol. The largest absolute Gasteiger partial charge is 0.488 e. The van der Waals surface area contributed by atoms with Gasteiger partial charge < -0.3 is 10.1 Å². The summed E-state index contributed by atoms with van der Waals surface area (Å²) in [5.41, 5.74) is 1.59. The Labute approximate surface area is 165 Å². The number of nitrogens with one attached hydrogen (secondary N) is 1. The Morgan fingerprint density at radius 1 is 1.00 bits per heavy atom. The zero-order valence-corrected chi connectivity index (χ0v) is 16.6. The molecule has 25 heavy (non-hydrogen) atoms. The molecule has 132 valence electrons. The molecule has 0 aliphatic heterocycles. The molecule has 0 amide bonds. The molecule has 3 rings (SSSR count). The van der Waals surface area contributed by atoms with Crippen molar-refractivity contribution in [2.45, 2.75) is 19.7 Å². The molecule has 0 spiro atoms. The second kappa shape index (κ2) is 9.92. The summed E-state index contributed by atoms with van der Waals surface area (Å²) < 4.78 is 20.6. The van der Waals surface area contributed by atoms with E-state index in [-0.39, 0.29) is 24.8 Å². The van der Waals surface area contributed by atoms with Crippen LogP contribution >= 0.6 is 39.7 Å². The van der Waals surface area contributed by atoms with Crippen LogP contribution in [-0.4, -0.2) is 0 Å². The zero-order valence-electron chi connectivity index (χ0n) is 13.4.